The molecule has 8 heteroatoms. The van der Waals surface area contributed by atoms with Crippen molar-refractivity contribution in [3.05, 3.63) is 24.3 Å². The number of halogens is 3. The van der Waals surface area contributed by atoms with E-state index < -0.39 is 20.4 Å². The van der Waals surface area contributed by atoms with Gasteiger partial charge in [0.05, 0.1) is 0 Å². The Balaban J connectivity index is -0.000000162. The number of carbonyl (C=O) groups is 2. The Morgan fingerprint density at radius 3 is 1.44 bits per heavy atom. The molecule has 0 radical (unpaired) electrons. The van der Waals surface area contributed by atoms with E-state index in [1.54, 1.807) is 19.9 Å². The first-order valence-electron chi connectivity index (χ1n) is 3.69. The standard InChI is InChI=1S/C4H5ClO.C4H6O2.Cl2OS/c2*1-2-3-4(5)6;1-4(2)3/h2-3H,1H3;2-3H,1H3,(H,5,6);/b2*3-2+;. The van der Waals surface area contributed by atoms with E-state index in [4.69, 9.17) is 20.9 Å². The summed E-state index contributed by atoms with van der Waals surface area (Å²) < 4.78 is 9.09. The molecule has 0 saturated carbocycles. The summed E-state index contributed by atoms with van der Waals surface area (Å²) in [6, 6.07) is 0. The van der Waals surface area contributed by atoms with Gasteiger partial charge in [-0.1, -0.05) is 12.2 Å². The summed E-state index contributed by atoms with van der Waals surface area (Å²) in [5.41, 5.74) is 0. The van der Waals surface area contributed by atoms with Crippen molar-refractivity contribution < 1.29 is 18.9 Å². The summed E-state index contributed by atoms with van der Waals surface area (Å²) in [4.78, 5) is 19.2. The van der Waals surface area contributed by atoms with Gasteiger partial charge in [0.1, 0.15) is 0 Å². The largest absolute Gasteiger partial charge is 0.478 e. The summed E-state index contributed by atoms with van der Waals surface area (Å²) in [5.74, 6) is -0.891. The van der Waals surface area contributed by atoms with Crippen molar-refractivity contribution in [3.63, 3.8) is 0 Å². The van der Waals surface area contributed by atoms with Gasteiger partial charge in [-0.05, 0) is 31.5 Å². The molecule has 1 N–H and O–H groups in total. The molecule has 0 atom stereocenters. The number of allylic oxidation sites excluding steroid dienone is 3. The van der Waals surface area contributed by atoms with Crippen LogP contribution in [0.25, 0.3) is 0 Å². The van der Waals surface area contributed by atoms with E-state index in [0.29, 0.717) is 0 Å². The lowest BCUT2D eigenvalue weighted by molar-refractivity contribution is -0.131. The number of carbonyl (C=O) groups excluding carboxylic acids is 1. The lowest BCUT2D eigenvalue weighted by atomic mass is 10.5. The summed E-state index contributed by atoms with van der Waals surface area (Å²) >= 11 is 4.85. The molecule has 0 heterocycles. The minimum absolute atomic E-state index is 0.419. The first kappa shape index (κ1) is 21.0. The average Bonchev–Trinajstić information content (AvgIpc) is 2.02. The molecular weight excluding hydrogens is 299 g/mol. The maximum Gasteiger partial charge on any atom is 0.327 e. The molecule has 0 rings (SSSR count). The molecule has 16 heavy (non-hydrogen) atoms. The minimum Gasteiger partial charge on any atom is -0.478 e. The van der Waals surface area contributed by atoms with Crippen molar-refractivity contribution in [2.45, 2.75) is 13.8 Å². The summed E-state index contributed by atoms with van der Waals surface area (Å²) in [6.07, 6.45) is 5.44. The molecule has 0 saturated heterocycles. The molecule has 4 nitrogen and oxygen atoms in total. The molecule has 0 bridgehead atoms. The Labute approximate surface area is 110 Å². The van der Waals surface area contributed by atoms with E-state index in [9.17, 15) is 9.59 Å². The van der Waals surface area contributed by atoms with Crippen LogP contribution in [0.2, 0.25) is 0 Å². The molecule has 0 spiro atoms. The SMILES string of the molecule is C/C=C/C(=O)Cl.C/C=C/C(=O)O.O=S(Cl)Cl. The first-order valence-corrected chi connectivity index (χ1v) is 6.87. The topological polar surface area (TPSA) is 71.4 Å². The van der Waals surface area contributed by atoms with Crippen molar-refractivity contribution in [1.82, 2.24) is 0 Å². The highest BCUT2D eigenvalue weighted by atomic mass is 36.0. The first-order chi connectivity index (χ1) is 7.27. The fraction of sp³-hybridized carbons (Fsp3) is 0.250. The predicted molar refractivity (Wildman–Crippen MR) is 68.0 cm³/mol. The average molecular weight is 310 g/mol. The molecule has 94 valence electrons. The van der Waals surface area contributed by atoms with Gasteiger partial charge in [-0.25, -0.2) is 9.00 Å². The minimum atomic E-state index is -1.67. The predicted octanol–water partition coefficient (Wildman–Crippen LogP) is 3.02. The maximum absolute atomic E-state index is 9.72. The van der Waals surface area contributed by atoms with E-state index >= 15 is 0 Å². The lowest BCUT2D eigenvalue weighted by Gasteiger charge is -1.68. The monoisotopic (exact) mass is 308 g/mol. The van der Waals surface area contributed by atoms with E-state index in [1.807, 2.05) is 0 Å². The third-order valence-electron chi connectivity index (χ3n) is 0.607. The number of hydrogen-bond acceptors (Lipinski definition) is 3. The Kier molecular flexibility index (Phi) is 22.4. The van der Waals surface area contributed by atoms with Crippen LogP contribution >= 0.6 is 33.0 Å². The molecule has 0 aromatic rings. The smallest absolute Gasteiger partial charge is 0.327 e. The quantitative estimate of drug-likeness (QED) is 0.628. The molecule has 0 aliphatic heterocycles. The zero-order chi connectivity index (χ0) is 13.6. The van der Waals surface area contributed by atoms with Crippen molar-refractivity contribution in [2.24, 2.45) is 0 Å². The molecular formula is C8H11Cl3O4S. The Morgan fingerprint density at radius 1 is 1.12 bits per heavy atom. The highest BCUT2D eigenvalue weighted by Crippen LogP contribution is 1.89. The molecule has 0 aliphatic rings. The van der Waals surface area contributed by atoms with Crippen molar-refractivity contribution in [3.8, 4) is 0 Å². The van der Waals surface area contributed by atoms with Gasteiger partial charge >= 0.3 is 5.97 Å². The zero-order valence-electron chi connectivity index (χ0n) is 8.52. The molecule has 0 amide bonds. The second kappa shape index (κ2) is 17.0. The van der Waals surface area contributed by atoms with Crippen LogP contribution in [0, 0.1) is 0 Å². The fourth-order valence-corrected chi connectivity index (χ4v) is 0.400. The number of aliphatic carboxylic acids is 1. The maximum atomic E-state index is 9.72. The van der Waals surface area contributed by atoms with Gasteiger partial charge in [0.2, 0.25) is 14.5 Å². The van der Waals surface area contributed by atoms with Gasteiger partial charge in [0.15, 0.2) is 0 Å². The Hall–Kier alpha value is -0.360. The summed E-state index contributed by atoms with van der Waals surface area (Å²) in [6.45, 7) is 3.40. The number of rotatable bonds is 2. The Bertz CT molecular complexity index is 250. The van der Waals surface area contributed by atoms with Crippen LogP contribution in [0.15, 0.2) is 24.3 Å². The fourth-order valence-electron chi connectivity index (χ4n) is 0.274. The second-order valence-electron chi connectivity index (χ2n) is 1.83. The molecule has 0 aromatic heterocycles. The van der Waals surface area contributed by atoms with E-state index in [2.05, 4.69) is 21.4 Å². The molecule has 0 unspecified atom stereocenters. The summed E-state index contributed by atoms with van der Waals surface area (Å²) in [5, 5.41) is 7.41. The molecule has 0 fully saturated rings. The number of carboxylic acids is 1. The van der Waals surface area contributed by atoms with E-state index in [-0.39, 0.29) is 0 Å². The van der Waals surface area contributed by atoms with Crippen LogP contribution in [-0.4, -0.2) is 20.5 Å². The van der Waals surface area contributed by atoms with Crippen LogP contribution in [0.5, 0.6) is 0 Å². The van der Waals surface area contributed by atoms with E-state index in [0.717, 1.165) is 6.08 Å². The highest BCUT2D eigenvalue weighted by Gasteiger charge is 1.77. The van der Waals surface area contributed by atoms with Crippen LogP contribution in [0.4, 0.5) is 0 Å². The third-order valence-corrected chi connectivity index (χ3v) is 0.733. The van der Waals surface area contributed by atoms with Gasteiger partial charge in [0, 0.05) is 27.4 Å². The lowest BCUT2D eigenvalue weighted by Crippen LogP contribution is -1.83. The normalized spacial score (nSPS) is 9.38. The highest BCUT2D eigenvalue weighted by molar-refractivity contribution is 8.26. The van der Waals surface area contributed by atoms with Crippen LogP contribution < -0.4 is 0 Å². The Morgan fingerprint density at radius 2 is 1.44 bits per heavy atom. The van der Waals surface area contributed by atoms with Crippen molar-refractivity contribution in [2.75, 3.05) is 0 Å². The zero-order valence-corrected chi connectivity index (χ0v) is 11.6. The van der Waals surface area contributed by atoms with Gasteiger partial charge in [0.25, 0.3) is 0 Å². The summed E-state index contributed by atoms with van der Waals surface area (Å²) in [7, 11) is 7.36. The second-order valence-corrected chi connectivity index (χ2v) is 4.72. The molecule has 0 aliphatic carbocycles. The van der Waals surface area contributed by atoms with Crippen molar-refractivity contribution >= 4 is 53.4 Å². The van der Waals surface area contributed by atoms with Crippen molar-refractivity contribution in [1.29, 1.82) is 0 Å². The van der Waals surface area contributed by atoms with Gasteiger partial charge < -0.3 is 5.11 Å². The van der Waals surface area contributed by atoms with Gasteiger partial charge in [-0.2, -0.15) is 0 Å². The number of carboxylic acid groups (broad SMARTS) is 1. The van der Waals surface area contributed by atoms with E-state index in [1.165, 1.54) is 12.2 Å². The molecule has 0 aromatic carbocycles. The van der Waals surface area contributed by atoms with Crippen LogP contribution in [-0.2, 0) is 18.8 Å². The van der Waals surface area contributed by atoms with Gasteiger partial charge in [-0.3, -0.25) is 4.79 Å². The van der Waals surface area contributed by atoms with Gasteiger partial charge in [-0.15, -0.1) is 0 Å². The third kappa shape index (κ3) is 68.5. The van der Waals surface area contributed by atoms with Crippen LogP contribution in [0.3, 0.4) is 0 Å². The van der Waals surface area contributed by atoms with Crippen LogP contribution in [0.1, 0.15) is 13.8 Å². The number of hydrogen-bond donors (Lipinski definition) is 1.